The molecule has 7 nitrogen and oxygen atoms in total. The minimum atomic E-state index is 0.124. The molecule has 2 heterocycles. The number of thioether (sulfide) groups is 1. The van der Waals surface area contributed by atoms with Gasteiger partial charge >= 0.3 is 0 Å². The molecule has 0 amide bonds. The van der Waals surface area contributed by atoms with E-state index in [2.05, 4.69) is 25.5 Å². The van der Waals surface area contributed by atoms with Crippen molar-refractivity contribution in [3.63, 3.8) is 0 Å². The molecule has 0 aliphatic rings. The molecular weight excluding hydrogens is 334 g/mol. The maximum absolute atomic E-state index is 9.26. The Morgan fingerprint density at radius 2 is 2.04 bits per heavy atom. The molecule has 0 radical (unpaired) electrons. The molecule has 0 aliphatic heterocycles. The van der Waals surface area contributed by atoms with Crippen LogP contribution < -0.4 is 5.32 Å². The number of nitrogens with one attached hydrogen (secondary N) is 1. The van der Waals surface area contributed by atoms with Gasteiger partial charge in [0, 0.05) is 5.69 Å². The van der Waals surface area contributed by atoms with Crippen LogP contribution in [0, 0.1) is 11.3 Å². The number of nitrogens with zero attached hydrogens (tertiary/aromatic N) is 6. The molecule has 3 rings (SSSR count). The third-order valence-corrected chi connectivity index (χ3v) is 3.72. The lowest BCUT2D eigenvalue weighted by Crippen LogP contribution is -2.03. The molecule has 9 heteroatoms. The van der Waals surface area contributed by atoms with Gasteiger partial charge in [-0.25, -0.2) is 9.97 Å². The van der Waals surface area contributed by atoms with E-state index in [1.807, 2.05) is 36.6 Å². The lowest BCUT2D eigenvalue weighted by atomic mass is 10.2. The Kier molecular flexibility index (Phi) is 4.41. The third-order valence-electron chi connectivity index (χ3n) is 2.90. The zero-order valence-corrected chi connectivity index (χ0v) is 13.5. The average molecular weight is 344 g/mol. The predicted molar refractivity (Wildman–Crippen MR) is 88.2 cm³/mol. The molecule has 0 spiro atoms. The van der Waals surface area contributed by atoms with Gasteiger partial charge < -0.3 is 5.32 Å². The summed E-state index contributed by atoms with van der Waals surface area (Å²) in [6.45, 7) is 0. The Bertz CT molecular complexity index is 873. The Labute approximate surface area is 141 Å². The summed E-state index contributed by atoms with van der Waals surface area (Å²) in [5.74, 6) is 0.363. The monoisotopic (exact) mass is 343 g/mol. The Hall–Kier alpha value is -2.63. The van der Waals surface area contributed by atoms with Crippen LogP contribution in [0.3, 0.4) is 0 Å². The first kappa shape index (κ1) is 15.3. The molecule has 0 unspecified atom stereocenters. The van der Waals surface area contributed by atoms with Gasteiger partial charge in [0.25, 0.3) is 0 Å². The largest absolute Gasteiger partial charge is 0.339 e. The lowest BCUT2D eigenvalue weighted by molar-refractivity contribution is 0.752. The number of nitriles is 1. The summed E-state index contributed by atoms with van der Waals surface area (Å²) < 4.78 is 0. The summed E-state index contributed by atoms with van der Waals surface area (Å²) in [5, 5.41) is 21.1. The normalized spacial score (nSPS) is 10.3. The average Bonchev–Trinajstić information content (AvgIpc) is 3.09. The highest BCUT2D eigenvalue weighted by Gasteiger charge is 2.13. The zero-order valence-electron chi connectivity index (χ0n) is 11.9. The summed E-state index contributed by atoms with van der Waals surface area (Å²) in [6, 6.07) is 9.44. The number of hydrogen-bond donors (Lipinski definition) is 1. The molecule has 0 bridgehead atoms. The van der Waals surface area contributed by atoms with Gasteiger partial charge in [0.05, 0.1) is 18.1 Å². The standard InChI is InChI=1S/C14H10ClN7S/c1-23-14-20-12(15)11(8-16)13(21-14)19-9-3-2-4-10(7-9)22-17-5-6-18-22/h2-7H,1H3,(H,19,20,21). The maximum Gasteiger partial charge on any atom is 0.190 e. The first-order valence-corrected chi connectivity index (χ1v) is 8.07. The van der Waals surface area contributed by atoms with Crippen molar-refractivity contribution in [1.29, 1.82) is 5.26 Å². The van der Waals surface area contributed by atoms with Crippen LogP contribution in [0.15, 0.2) is 41.8 Å². The van der Waals surface area contributed by atoms with Crippen LogP contribution in [0.1, 0.15) is 5.56 Å². The van der Waals surface area contributed by atoms with Gasteiger partial charge in [-0.05, 0) is 24.5 Å². The number of rotatable bonds is 4. The highest BCUT2D eigenvalue weighted by Crippen LogP contribution is 2.26. The van der Waals surface area contributed by atoms with E-state index >= 15 is 0 Å². The van der Waals surface area contributed by atoms with Crippen molar-refractivity contribution in [2.24, 2.45) is 0 Å². The molecular formula is C14H10ClN7S. The van der Waals surface area contributed by atoms with Crippen molar-refractivity contribution in [2.75, 3.05) is 11.6 Å². The molecule has 0 aliphatic carbocycles. The van der Waals surface area contributed by atoms with Gasteiger partial charge in [0.15, 0.2) is 16.1 Å². The van der Waals surface area contributed by atoms with E-state index in [1.165, 1.54) is 16.6 Å². The molecule has 3 aromatic rings. The van der Waals surface area contributed by atoms with E-state index in [4.69, 9.17) is 11.6 Å². The summed E-state index contributed by atoms with van der Waals surface area (Å²) in [6.07, 6.45) is 5.04. The van der Waals surface area contributed by atoms with Crippen LogP contribution in [-0.2, 0) is 0 Å². The van der Waals surface area contributed by atoms with Crippen molar-refractivity contribution in [3.8, 4) is 11.8 Å². The fraction of sp³-hybridized carbons (Fsp3) is 0.0714. The first-order valence-electron chi connectivity index (χ1n) is 6.46. The van der Waals surface area contributed by atoms with E-state index in [-0.39, 0.29) is 10.7 Å². The number of benzene rings is 1. The van der Waals surface area contributed by atoms with Crippen LogP contribution >= 0.6 is 23.4 Å². The molecule has 2 aromatic heterocycles. The van der Waals surface area contributed by atoms with E-state index in [9.17, 15) is 5.26 Å². The minimum Gasteiger partial charge on any atom is -0.339 e. The van der Waals surface area contributed by atoms with Gasteiger partial charge in [-0.15, -0.1) is 0 Å². The molecule has 114 valence electrons. The van der Waals surface area contributed by atoms with Gasteiger partial charge in [-0.3, -0.25) is 0 Å². The molecule has 0 saturated heterocycles. The fourth-order valence-corrected chi connectivity index (χ4v) is 2.52. The molecule has 0 atom stereocenters. The van der Waals surface area contributed by atoms with Crippen LogP contribution in [0.4, 0.5) is 11.5 Å². The van der Waals surface area contributed by atoms with E-state index in [0.717, 1.165) is 11.4 Å². The van der Waals surface area contributed by atoms with Gasteiger partial charge in [-0.1, -0.05) is 29.4 Å². The summed E-state index contributed by atoms with van der Waals surface area (Å²) >= 11 is 7.39. The number of hydrogen-bond acceptors (Lipinski definition) is 7. The molecule has 0 fully saturated rings. The summed E-state index contributed by atoms with van der Waals surface area (Å²) in [5.41, 5.74) is 1.72. The topological polar surface area (TPSA) is 92.3 Å². The van der Waals surface area contributed by atoms with E-state index in [0.29, 0.717) is 11.0 Å². The fourth-order valence-electron chi connectivity index (χ4n) is 1.89. The highest BCUT2D eigenvalue weighted by molar-refractivity contribution is 7.98. The highest BCUT2D eigenvalue weighted by atomic mass is 35.5. The van der Waals surface area contributed by atoms with Gasteiger partial charge in [0.1, 0.15) is 11.6 Å². The SMILES string of the molecule is CSc1nc(Cl)c(C#N)c(Nc2cccc(-n3nccn3)c2)n1. The van der Waals surface area contributed by atoms with E-state index < -0.39 is 0 Å². The van der Waals surface area contributed by atoms with Crippen molar-refractivity contribution in [3.05, 3.63) is 47.4 Å². The number of anilines is 2. The minimum absolute atomic E-state index is 0.124. The quantitative estimate of drug-likeness (QED) is 0.442. The second-order valence-electron chi connectivity index (χ2n) is 4.33. The first-order chi connectivity index (χ1) is 11.2. The summed E-state index contributed by atoms with van der Waals surface area (Å²) in [4.78, 5) is 9.86. The molecule has 0 saturated carbocycles. The van der Waals surface area contributed by atoms with Crippen LogP contribution in [0.2, 0.25) is 5.15 Å². The van der Waals surface area contributed by atoms with Gasteiger partial charge in [-0.2, -0.15) is 20.3 Å². The Balaban J connectivity index is 1.98. The van der Waals surface area contributed by atoms with Crippen LogP contribution in [0.25, 0.3) is 5.69 Å². The summed E-state index contributed by atoms with van der Waals surface area (Å²) in [7, 11) is 0. The molecule has 1 N–H and O–H groups in total. The van der Waals surface area contributed by atoms with Crippen molar-refractivity contribution >= 4 is 34.9 Å². The number of aromatic nitrogens is 5. The van der Waals surface area contributed by atoms with Crippen molar-refractivity contribution in [1.82, 2.24) is 25.0 Å². The Morgan fingerprint density at radius 3 is 2.74 bits per heavy atom. The Morgan fingerprint density at radius 1 is 1.26 bits per heavy atom. The van der Waals surface area contributed by atoms with Gasteiger partial charge in [0.2, 0.25) is 0 Å². The predicted octanol–water partition coefficient (Wildman–Crippen LogP) is 3.05. The molecule has 1 aromatic carbocycles. The van der Waals surface area contributed by atoms with Crippen molar-refractivity contribution < 1.29 is 0 Å². The van der Waals surface area contributed by atoms with E-state index in [1.54, 1.807) is 12.4 Å². The smallest absolute Gasteiger partial charge is 0.190 e. The van der Waals surface area contributed by atoms with Crippen molar-refractivity contribution in [2.45, 2.75) is 5.16 Å². The van der Waals surface area contributed by atoms with Crippen LogP contribution in [-0.4, -0.2) is 31.2 Å². The second kappa shape index (κ2) is 6.64. The lowest BCUT2D eigenvalue weighted by Gasteiger charge is -2.10. The third kappa shape index (κ3) is 3.26. The second-order valence-corrected chi connectivity index (χ2v) is 5.46. The zero-order chi connectivity index (χ0) is 16.2. The van der Waals surface area contributed by atoms with Crippen LogP contribution in [0.5, 0.6) is 0 Å². The number of halogens is 1. The molecule has 23 heavy (non-hydrogen) atoms. The maximum atomic E-state index is 9.26.